The second-order valence-corrected chi connectivity index (χ2v) is 22.5. The first kappa shape index (κ1) is 55.0. The zero-order valence-electron chi connectivity index (χ0n) is 45.6. The van der Waals surface area contributed by atoms with Crippen molar-refractivity contribution < 1.29 is 33.5 Å². The van der Waals surface area contributed by atoms with Gasteiger partial charge in [-0.25, -0.2) is 14.6 Å². The summed E-state index contributed by atoms with van der Waals surface area (Å²) in [4.78, 5) is 73.0. The van der Waals surface area contributed by atoms with Gasteiger partial charge < -0.3 is 29.8 Å². The van der Waals surface area contributed by atoms with Gasteiger partial charge in [-0.2, -0.15) is 0 Å². The van der Waals surface area contributed by atoms with Gasteiger partial charge in [0.15, 0.2) is 22.7 Å². The number of hydrogen-bond acceptors (Lipinski definition) is 12. The van der Waals surface area contributed by atoms with Crippen molar-refractivity contribution in [2.24, 2.45) is 5.16 Å². The van der Waals surface area contributed by atoms with Crippen LogP contribution in [-0.4, -0.2) is 81.2 Å². The molecular formula is C69H58N6O7S2. The summed E-state index contributed by atoms with van der Waals surface area (Å²) in [6, 6.07) is 75.8. The lowest BCUT2D eigenvalue weighted by Gasteiger charge is -2.49. The highest BCUT2D eigenvalue weighted by Gasteiger charge is 2.55. The minimum atomic E-state index is -1.13. The Morgan fingerprint density at radius 1 is 0.631 bits per heavy atom. The molecule has 0 aliphatic carbocycles. The lowest BCUT2D eigenvalue weighted by atomic mass is 9.77. The summed E-state index contributed by atoms with van der Waals surface area (Å²) in [5.74, 6) is -1.76. The number of ether oxygens (including phenoxy) is 2. The molecule has 2 N–H and O–H groups in total. The largest absolute Gasteiger partial charge is 0.448 e. The number of fused-ring (bicyclic) bond motifs is 1. The van der Waals surface area contributed by atoms with Gasteiger partial charge in [-0.3, -0.25) is 14.5 Å². The Morgan fingerprint density at radius 2 is 1.12 bits per heavy atom. The van der Waals surface area contributed by atoms with Crippen LogP contribution in [0.5, 0.6) is 5.75 Å². The summed E-state index contributed by atoms with van der Waals surface area (Å²) in [6.07, 6.45) is 0.409. The van der Waals surface area contributed by atoms with Gasteiger partial charge in [0.2, 0.25) is 0 Å². The Bertz CT molecular complexity index is 3640. The zero-order chi connectivity index (χ0) is 57.2. The molecule has 1 aromatic heterocycles. The number of likely N-dealkylation sites (tertiary alicyclic amines) is 1. The van der Waals surface area contributed by atoms with E-state index in [-0.39, 0.29) is 35.4 Å². The number of hydrogen-bond donors (Lipinski definition) is 2. The average Bonchev–Trinajstić information content (AvgIpc) is 2.90. The van der Waals surface area contributed by atoms with Gasteiger partial charge in [-0.1, -0.05) is 236 Å². The van der Waals surface area contributed by atoms with Gasteiger partial charge in [-0.15, -0.1) is 23.1 Å². The van der Waals surface area contributed by atoms with Crippen LogP contribution in [0.15, 0.2) is 258 Å². The van der Waals surface area contributed by atoms with E-state index in [9.17, 15) is 14.4 Å². The van der Waals surface area contributed by atoms with Gasteiger partial charge in [0.25, 0.3) is 11.8 Å². The minimum Gasteiger partial charge on any atom is -0.448 e. The van der Waals surface area contributed by atoms with E-state index < -0.39 is 46.9 Å². The number of rotatable bonds is 19. The summed E-state index contributed by atoms with van der Waals surface area (Å²) in [5.41, 5.74) is 6.57. The van der Waals surface area contributed by atoms with Crippen molar-refractivity contribution in [3.8, 4) is 5.75 Å². The molecule has 2 saturated heterocycles. The number of thioether (sulfide) groups is 1. The molecule has 84 heavy (non-hydrogen) atoms. The lowest BCUT2D eigenvalue weighted by molar-refractivity contribution is -0.154. The van der Waals surface area contributed by atoms with Gasteiger partial charge in [0, 0.05) is 41.3 Å². The SMILES string of the molecule is O=C(NC1C(=O)N2C(C(=O)OC(c3ccccc3)c3ccccc3)=C(COC(=O)N3CCCC3)CS[C@@H]12)C(=NOc1ccccc1C(c1ccccc1)c1ccccc1)c1csc(NC(c2ccccc2)(c2ccccc2)c2ccccc2)n1. The third kappa shape index (κ3) is 11.5. The van der Waals surface area contributed by atoms with Crippen molar-refractivity contribution in [1.82, 2.24) is 20.1 Å². The highest BCUT2D eigenvalue weighted by molar-refractivity contribution is 8.00. The molecule has 13 nitrogen and oxygen atoms in total. The molecule has 418 valence electrons. The zero-order valence-corrected chi connectivity index (χ0v) is 47.2. The number of nitrogens with zero attached hydrogens (tertiary/aromatic N) is 4. The maximum atomic E-state index is 15.3. The molecule has 3 amide bonds. The molecule has 1 unspecified atom stereocenters. The molecule has 0 spiro atoms. The van der Waals surface area contributed by atoms with Crippen LogP contribution in [-0.2, 0) is 29.4 Å². The Morgan fingerprint density at radius 3 is 1.65 bits per heavy atom. The Labute approximate surface area is 495 Å². The second kappa shape index (κ2) is 25.3. The predicted octanol–water partition coefficient (Wildman–Crippen LogP) is 12.7. The van der Waals surface area contributed by atoms with Crippen LogP contribution in [0.2, 0.25) is 0 Å². The molecule has 2 atom stereocenters. The van der Waals surface area contributed by atoms with Crippen LogP contribution in [0, 0.1) is 0 Å². The van der Waals surface area contributed by atoms with Crippen molar-refractivity contribution in [1.29, 1.82) is 0 Å². The molecule has 0 bridgehead atoms. The summed E-state index contributed by atoms with van der Waals surface area (Å²) < 4.78 is 12.2. The molecule has 0 saturated carbocycles. The maximum Gasteiger partial charge on any atom is 0.410 e. The van der Waals surface area contributed by atoms with E-state index in [2.05, 4.69) is 71.3 Å². The number of carbonyl (C=O) groups is 4. The molecule has 3 aliphatic heterocycles. The van der Waals surface area contributed by atoms with Gasteiger partial charge in [0.1, 0.15) is 35.0 Å². The topological polar surface area (TPSA) is 152 Å². The van der Waals surface area contributed by atoms with Crippen molar-refractivity contribution in [3.63, 3.8) is 0 Å². The molecule has 2 fully saturated rings. The van der Waals surface area contributed by atoms with Gasteiger partial charge in [-0.05, 0) is 57.9 Å². The smallest absolute Gasteiger partial charge is 0.410 e. The van der Waals surface area contributed by atoms with Crippen molar-refractivity contribution in [2.45, 2.75) is 41.8 Å². The molecule has 12 rings (SSSR count). The number of oxime groups is 1. The fourth-order valence-corrected chi connectivity index (χ4v) is 13.3. The lowest BCUT2D eigenvalue weighted by Crippen LogP contribution is -2.71. The average molecular weight is 1150 g/mol. The summed E-state index contributed by atoms with van der Waals surface area (Å²) >= 11 is 2.63. The normalized spacial score (nSPS) is 16.0. The first-order valence-corrected chi connectivity index (χ1v) is 29.8. The number of nitrogens with one attached hydrogen (secondary N) is 2. The second-order valence-electron chi connectivity index (χ2n) is 20.5. The van der Waals surface area contributed by atoms with Crippen LogP contribution in [0.1, 0.15) is 75.1 Å². The fraction of sp³-hybridized carbons (Fsp3) is 0.159. The highest BCUT2D eigenvalue weighted by atomic mass is 32.2. The molecular weight excluding hydrogens is 1090 g/mol. The number of thiazole rings is 1. The van der Waals surface area contributed by atoms with E-state index in [0.29, 0.717) is 29.5 Å². The predicted molar refractivity (Wildman–Crippen MR) is 327 cm³/mol. The van der Waals surface area contributed by atoms with E-state index in [4.69, 9.17) is 24.5 Å². The summed E-state index contributed by atoms with van der Waals surface area (Å²) in [6.45, 7) is 0.905. The molecule has 3 aliphatic rings. The third-order valence-electron chi connectivity index (χ3n) is 15.3. The van der Waals surface area contributed by atoms with E-state index in [0.717, 1.165) is 57.3 Å². The quantitative estimate of drug-likeness (QED) is 0.0263. The van der Waals surface area contributed by atoms with E-state index in [1.807, 2.05) is 176 Å². The van der Waals surface area contributed by atoms with Gasteiger partial charge >= 0.3 is 12.1 Å². The highest BCUT2D eigenvalue weighted by Crippen LogP contribution is 2.44. The number of carbonyl (C=O) groups excluding carboxylic acids is 4. The molecule has 4 heterocycles. The van der Waals surface area contributed by atoms with Crippen LogP contribution in [0.25, 0.3) is 0 Å². The van der Waals surface area contributed by atoms with Crippen LogP contribution in [0.3, 0.4) is 0 Å². The van der Waals surface area contributed by atoms with Gasteiger partial charge in [0.05, 0.1) is 0 Å². The number of para-hydroxylation sites is 1. The molecule has 0 radical (unpaired) electrons. The first-order valence-electron chi connectivity index (χ1n) is 27.9. The number of amides is 3. The summed E-state index contributed by atoms with van der Waals surface area (Å²) in [7, 11) is 0. The number of benzene rings is 8. The molecule has 9 aromatic rings. The number of anilines is 1. The summed E-state index contributed by atoms with van der Waals surface area (Å²) in [5, 5.41) is 13.0. The fourth-order valence-electron chi connectivity index (χ4n) is 11.2. The van der Waals surface area contributed by atoms with Crippen molar-refractivity contribution in [2.75, 3.05) is 30.8 Å². The molecule has 8 aromatic carbocycles. The number of β-lactam (4-membered cyclic amide) rings is 1. The van der Waals surface area contributed by atoms with Crippen LogP contribution >= 0.6 is 23.1 Å². The third-order valence-corrected chi connectivity index (χ3v) is 17.4. The van der Waals surface area contributed by atoms with Crippen molar-refractivity contribution in [3.05, 3.63) is 303 Å². The minimum absolute atomic E-state index is 0.0329. The maximum absolute atomic E-state index is 15.3. The first-order chi connectivity index (χ1) is 41.3. The monoisotopic (exact) mass is 1150 g/mol. The Balaban J connectivity index is 0.900. The number of aromatic nitrogens is 1. The van der Waals surface area contributed by atoms with E-state index >= 15 is 4.79 Å². The Hall–Kier alpha value is -9.57. The van der Waals surface area contributed by atoms with Crippen LogP contribution < -0.4 is 15.5 Å². The van der Waals surface area contributed by atoms with E-state index in [1.54, 1.807) is 10.3 Å². The standard InChI is InChI=1S/C69H58N6O7S2/c76-63(71-60-64(77)75-61(51(45-83-65(60)75)44-80-68(79)74-42-24-25-43-74)66(78)81-62(49-30-12-3-13-31-49)50-32-14-4-15-33-50)59(73-82-57-41-23-22-40-55(57)58(47-26-8-1-9-27-47)48-28-10-2-11-29-48)56-46-84-67(70-56)72-69(52-34-16-5-17-35-52,53-36-18-6-19-37-53)54-38-20-7-21-39-54/h1-23,26-41,46,58,60,62,65H,24-25,42-45H2,(H,70,72)(H,71,76)/t60?,65-/m0/s1. The number of esters is 1. The Kier molecular flexibility index (Phi) is 16.6. The van der Waals surface area contributed by atoms with Crippen LogP contribution in [0.4, 0.5) is 9.93 Å². The molecule has 15 heteroatoms. The van der Waals surface area contributed by atoms with Crippen molar-refractivity contribution >= 4 is 57.8 Å². The van der Waals surface area contributed by atoms with E-state index in [1.165, 1.54) is 28.0 Å².